The molecule has 2 aromatic rings. The van der Waals surface area contributed by atoms with Crippen LogP contribution in [0, 0.1) is 6.92 Å². The van der Waals surface area contributed by atoms with Crippen LogP contribution in [0.15, 0.2) is 54.6 Å². The normalized spacial score (nSPS) is 12.4. The summed E-state index contributed by atoms with van der Waals surface area (Å²) in [4.78, 5) is 0. The van der Waals surface area contributed by atoms with Crippen LogP contribution < -0.4 is 0 Å². The van der Waals surface area contributed by atoms with E-state index in [1.54, 1.807) is 0 Å². The fourth-order valence-electron chi connectivity index (χ4n) is 1.71. The molecule has 16 heavy (non-hydrogen) atoms. The van der Waals surface area contributed by atoms with E-state index < -0.39 is 6.17 Å². The van der Waals surface area contributed by atoms with Crippen molar-refractivity contribution in [3.8, 4) is 0 Å². The van der Waals surface area contributed by atoms with Crippen molar-refractivity contribution in [3.63, 3.8) is 0 Å². The standard InChI is InChI=1S/C15H15F/c1-12-7-9-13(10-8-12)11-15(16)14-5-3-2-4-6-14/h2-10,15H,11H2,1H3/t15-/m0/s1. The van der Waals surface area contributed by atoms with Crippen molar-refractivity contribution in [2.75, 3.05) is 0 Å². The monoisotopic (exact) mass is 214 g/mol. The predicted octanol–water partition coefficient (Wildman–Crippen LogP) is 4.25. The van der Waals surface area contributed by atoms with E-state index in [1.807, 2.05) is 61.5 Å². The Morgan fingerprint density at radius 2 is 1.56 bits per heavy atom. The van der Waals surface area contributed by atoms with Crippen LogP contribution in [0.2, 0.25) is 0 Å². The van der Waals surface area contributed by atoms with Gasteiger partial charge in [-0.25, -0.2) is 4.39 Å². The fraction of sp³-hybridized carbons (Fsp3) is 0.200. The van der Waals surface area contributed by atoms with Crippen LogP contribution >= 0.6 is 0 Å². The largest absolute Gasteiger partial charge is 0.242 e. The molecule has 0 aliphatic rings. The lowest BCUT2D eigenvalue weighted by Gasteiger charge is -2.08. The first-order valence-corrected chi connectivity index (χ1v) is 5.50. The molecule has 2 aromatic carbocycles. The van der Waals surface area contributed by atoms with Gasteiger partial charge in [0.05, 0.1) is 0 Å². The Labute approximate surface area is 95.7 Å². The summed E-state index contributed by atoms with van der Waals surface area (Å²) in [6.45, 7) is 2.04. The van der Waals surface area contributed by atoms with Crippen molar-refractivity contribution in [1.82, 2.24) is 0 Å². The molecule has 0 radical (unpaired) electrons. The molecule has 1 atom stereocenters. The third-order valence-corrected chi connectivity index (χ3v) is 2.70. The highest BCUT2D eigenvalue weighted by molar-refractivity contribution is 5.25. The summed E-state index contributed by atoms with van der Waals surface area (Å²) >= 11 is 0. The van der Waals surface area contributed by atoms with Gasteiger partial charge in [-0.15, -0.1) is 0 Å². The zero-order chi connectivity index (χ0) is 11.4. The smallest absolute Gasteiger partial charge is 0.129 e. The average Bonchev–Trinajstić information content (AvgIpc) is 2.33. The van der Waals surface area contributed by atoms with Gasteiger partial charge in [-0.1, -0.05) is 60.2 Å². The lowest BCUT2D eigenvalue weighted by atomic mass is 10.0. The van der Waals surface area contributed by atoms with Crippen LogP contribution in [0.25, 0.3) is 0 Å². The van der Waals surface area contributed by atoms with Crippen LogP contribution in [-0.4, -0.2) is 0 Å². The Hall–Kier alpha value is -1.63. The second-order valence-electron chi connectivity index (χ2n) is 4.07. The second kappa shape index (κ2) is 4.93. The Bertz CT molecular complexity index is 431. The zero-order valence-corrected chi connectivity index (χ0v) is 9.36. The highest BCUT2D eigenvalue weighted by Gasteiger charge is 2.09. The summed E-state index contributed by atoms with van der Waals surface area (Å²) in [5.74, 6) is 0. The van der Waals surface area contributed by atoms with Gasteiger partial charge in [0.15, 0.2) is 0 Å². The number of aryl methyl sites for hydroxylation is 1. The lowest BCUT2D eigenvalue weighted by molar-refractivity contribution is 0.342. The van der Waals surface area contributed by atoms with Crippen LogP contribution in [-0.2, 0) is 6.42 Å². The molecule has 0 saturated carbocycles. The van der Waals surface area contributed by atoms with Gasteiger partial charge in [0, 0.05) is 6.42 Å². The summed E-state index contributed by atoms with van der Waals surface area (Å²) in [5, 5.41) is 0. The molecule has 1 heteroatoms. The number of hydrogen-bond donors (Lipinski definition) is 0. The first kappa shape index (κ1) is 10.9. The van der Waals surface area contributed by atoms with E-state index in [1.165, 1.54) is 5.56 Å². The van der Waals surface area contributed by atoms with Crippen molar-refractivity contribution < 1.29 is 4.39 Å². The van der Waals surface area contributed by atoms with Crippen molar-refractivity contribution >= 4 is 0 Å². The van der Waals surface area contributed by atoms with Gasteiger partial charge in [0.25, 0.3) is 0 Å². The van der Waals surface area contributed by atoms with Crippen molar-refractivity contribution in [2.24, 2.45) is 0 Å². The fourth-order valence-corrected chi connectivity index (χ4v) is 1.71. The molecule has 0 fully saturated rings. The zero-order valence-electron chi connectivity index (χ0n) is 9.36. The molecule has 82 valence electrons. The molecular weight excluding hydrogens is 199 g/mol. The molecule has 0 N–H and O–H groups in total. The van der Waals surface area contributed by atoms with Crippen LogP contribution in [0.4, 0.5) is 4.39 Å². The van der Waals surface area contributed by atoms with Gasteiger partial charge in [-0.05, 0) is 18.1 Å². The summed E-state index contributed by atoms with van der Waals surface area (Å²) in [6, 6.07) is 17.3. The van der Waals surface area contributed by atoms with Gasteiger partial charge in [0.2, 0.25) is 0 Å². The Morgan fingerprint density at radius 3 is 2.19 bits per heavy atom. The lowest BCUT2D eigenvalue weighted by Crippen LogP contribution is -1.96. The number of alkyl halides is 1. The Morgan fingerprint density at radius 1 is 0.938 bits per heavy atom. The summed E-state index contributed by atoms with van der Waals surface area (Å²) in [7, 11) is 0. The highest BCUT2D eigenvalue weighted by atomic mass is 19.1. The molecule has 0 bridgehead atoms. The summed E-state index contributed by atoms with van der Waals surface area (Å²) < 4.78 is 13.9. The van der Waals surface area contributed by atoms with E-state index in [0.29, 0.717) is 6.42 Å². The molecule has 0 unspecified atom stereocenters. The number of rotatable bonds is 3. The Kier molecular flexibility index (Phi) is 3.35. The molecule has 0 aliphatic carbocycles. The van der Waals surface area contributed by atoms with Gasteiger partial charge < -0.3 is 0 Å². The second-order valence-corrected chi connectivity index (χ2v) is 4.07. The first-order valence-electron chi connectivity index (χ1n) is 5.50. The molecular formula is C15H15F. The first-order chi connectivity index (χ1) is 7.75. The molecule has 0 aromatic heterocycles. The number of hydrogen-bond acceptors (Lipinski definition) is 0. The van der Waals surface area contributed by atoms with Gasteiger partial charge in [0.1, 0.15) is 6.17 Å². The minimum Gasteiger partial charge on any atom is -0.242 e. The highest BCUT2D eigenvalue weighted by Crippen LogP contribution is 2.22. The van der Waals surface area contributed by atoms with Crippen molar-refractivity contribution in [3.05, 3.63) is 71.3 Å². The minimum absolute atomic E-state index is 0.449. The minimum atomic E-state index is -0.913. The van der Waals surface area contributed by atoms with Gasteiger partial charge in [-0.2, -0.15) is 0 Å². The molecule has 0 nitrogen and oxygen atoms in total. The van der Waals surface area contributed by atoms with Gasteiger partial charge in [-0.3, -0.25) is 0 Å². The maximum atomic E-state index is 13.9. The SMILES string of the molecule is Cc1ccc(C[C@H](F)c2ccccc2)cc1. The molecule has 0 spiro atoms. The quantitative estimate of drug-likeness (QED) is 0.716. The topological polar surface area (TPSA) is 0 Å². The third kappa shape index (κ3) is 2.69. The average molecular weight is 214 g/mol. The molecule has 0 amide bonds. The maximum Gasteiger partial charge on any atom is 0.129 e. The maximum absolute atomic E-state index is 13.9. The Balaban J connectivity index is 2.08. The van der Waals surface area contributed by atoms with Crippen LogP contribution in [0.5, 0.6) is 0 Å². The van der Waals surface area contributed by atoms with E-state index in [-0.39, 0.29) is 0 Å². The van der Waals surface area contributed by atoms with E-state index in [0.717, 1.165) is 11.1 Å². The van der Waals surface area contributed by atoms with E-state index in [2.05, 4.69) is 0 Å². The third-order valence-electron chi connectivity index (χ3n) is 2.70. The molecule has 0 aliphatic heterocycles. The van der Waals surface area contributed by atoms with Crippen molar-refractivity contribution in [2.45, 2.75) is 19.5 Å². The molecule has 0 saturated heterocycles. The van der Waals surface area contributed by atoms with Crippen LogP contribution in [0.1, 0.15) is 22.9 Å². The number of halogens is 1. The summed E-state index contributed by atoms with van der Waals surface area (Å²) in [6.07, 6.45) is -0.464. The van der Waals surface area contributed by atoms with Gasteiger partial charge >= 0.3 is 0 Å². The van der Waals surface area contributed by atoms with Crippen LogP contribution in [0.3, 0.4) is 0 Å². The predicted molar refractivity (Wildman–Crippen MR) is 65.2 cm³/mol. The molecule has 2 rings (SSSR count). The molecule has 0 heterocycles. The van der Waals surface area contributed by atoms with E-state index >= 15 is 0 Å². The van der Waals surface area contributed by atoms with E-state index in [9.17, 15) is 4.39 Å². The van der Waals surface area contributed by atoms with Crippen molar-refractivity contribution in [1.29, 1.82) is 0 Å². The van der Waals surface area contributed by atoms with E-state index in [4.69, 9.17) is 0 Å². The number of benzene rings is 2. The summed E-state index contributed by atoms with van der Waals surface area (Å²) in [5.41, 5.74) is 3.00.